The first-order chi connectivity index (χ1) is 11.5. The number of hydrazone groups is 1. The van der Waals surface area contributed by atoms with E-state index in [1.165, 1.54) is 0 Å². The first-order valence-corrected chi connectivity index (χ1v) is 8.73. The molecule has 0 saturated carbocycles. The van der Waals surface area contributed by atoms with Crippen LogP contribution in [0.5, 0.6) is 11.5 Å². The van der Waals surface area contributed by atoms with Crippen LogP contribution in [-0.2, 0) is 0 Å². The Kier molecular flexibility index (Phi) is 6.81. The summed E-state index contributed by atoms with van der Waals surface area (Å²) in [4.78, 5) is 12.0. The molecule has 1 amide bonds. The third kappa shape index (κ3) is 4.82. The molecule has 0 aliphatic rings. The molecule has 0 bridgehead atoms. The van der Waals surface area contributed by atoms with Gasteiger partial charge in [-0.2, -0.15) is 5.10 Å². The molecule has 0 saturated heterocycles. The molecular weight excluding hydrogens is 440 g/mol. The number of benzene rings is 2. The summed E-state index contributed by atoms with van der Waals surface area (Å²) >= 11 is 6.91. The largest absolute Gasteiger partial charge is 0.497 e. The monoisotopic (exact) mass is 454 g/mol. The Labute approximate surface area is 157 Å². The molecule has 0 atom stereocenters. The van der Waals surface area contributed by atoms with Crippen molar-refractivity contribution in [2.45, 2.75) is 6.92 Å². The lowest BCUT2D eigenvalue weighted by atomic mass is 10.2. The van der Waals surface area contributed by atoms with Crippen molar-refractivity contribution < 1.29 is 14.3 Å². The van der Waals surface area contributed by atoms with Crippen molar-refractivity contribution >= 4 is 44.0 Å². The standard InChI is InChI=1S/C17H16Br2N2O3/c1-3-24-16-14(18)8-11(9-15(16)19)10-20-21-17(22)12-4-6-13(23-2)7-5-12/h4-10H,3H2,1-2H3,(H,21,22)/b20-10-. The Morgan fingerprint density at radius 3 is 2.38 bits per heavy atom. The maximum absolute atomic E-state index is 12.0. The second kappa shape index (κ2) is 8.84. The zero-order valence-electron chi connectivity index (χ0n) is 13.2. The highest BCUT2D eigenvalue weighted by atomic mass is 79.9. The van der Waals surface area contributed by atoms with Gasteiger partial charge in [0.2, 0.25) is 0 Å². The zero-order chi connectivity index (χ0) is 17.5. The van der Waals surface area contributed by atoms with Crippen LogP contribution in [0.2, 0.25) is 0 Å². The summed E-state index contributed by atoms with van der Waals surface area (Å²) in [6.45, 7) is 2.49. The Morgan fingerprint density at radius 1 is 1.21 bits per heavy atom. The van der Waals surface area contributed by atoms with E-state index in [-0.39, 0.29) is 5.91 Å². The maximum Gasteiger partial charge on any atom is 0.271 e. The van der Waals surface area contributed by atoms with E-state index < -0.39 is 0 Å². The van der Waals surface area contributed by atoms with Crippen LogP contribution in [-0.4, -0.2) is 25.8 Å². The Morgan fingerprint density at radius 2 is 1.83 bits per heavy atom. The van der Waals surface area contributed by atoms with Crippen LogP contribution >= 0.6 is 31.9 Å². The number of amides is 1. The van der Waals surface area contributed by atoms with E-state index in [1.807, 2.05) is 19.1 Å². The quantitative estimate of drug-likeness (QED) is 0.519. The molecule has 0 radical (unpaired) electrons. The van der Waals surface area contributed by atoms with E-state index in [1.54, 1.807) is 37.6 Å². The number of methoxy groups -OCH3 is 1. The van der Waals surface area contributed by atoms with Crippen molar-refractivity contribution in [3.05, 3.63) is 56.5 Å². The highest BCUT2D eigenvalue weighted by Crippen LogP contribution is 2.34. The molecule has 1 N–H and O–H groups in total. The van der Waals surface area contributed by atoms with Gasteiger partial charge in [-0.25, -0.2) is 5.43 Å². The average molecular weight is 456 g/mol. The minimum Gasteiger partial charge on any atom is -0.497 e. The van der Waals surface area contributed by atoms with Crippen molar-refractivity contribution in [2.75, 3.05) is 13.7 Å². The molecule has 2 aromatic rings. The number of carbonyl (C=O) groups is 1. The van der Waals surface area contributed by atoms with E-state index in [2.05, 4.69) is 42.4 Å². The van der Waals surface area contributed by atoms with Crippen LogP contribution in [0.4, 0.5) is 0 Å². The van der Waals surface area contributed by atoms with Gasteiger partial charge in [0.1, 0.15) is 11.5 Å². The number of rotatable bonds is 6. The van der Waals surface area contributed by atoms with Gasteiger partial charge in [0.15, 0.2) is 0 Å². The van der Waals surface area contributed by atoms with Crippen molar-refractivity contribution in [2.24, 2.45) is 5.10 Å². The normalized spacial score (nSPS) is 10.7. The molecule has 7 heteroatoms. The van der Waals surface area contributed by atoms with Gasteiger partial charge in [-0.05, 0) is 80.7 Å². The van der Waals surface area contributed by atoms with Crippen LogP contribution in [0.15, 0.2) is 50.4 Å². The van der Waals surface area contributed by atoms with Gasteiger partial charge in [-0.3, -0.25) is 4.79 Å². The molecule has 126 valence electrons. The first kappa shape index (κ1) is 18.5. The molecular formula is C17H16Br2N2O3. The zero-order valence-corrected chi connectivity index (χ0v) is 16.3. The number of nitrogens with zero attached hydrogens (tertiary/aromatic N) is 1. The van der Waals surface area contributed by atoms with Gasteiger partial charge in [0.25, 0.3) is 5.91 Å². The van der Waals surface area contributed by atoms with Crippen molar-refractivity contribution in [3.8, 4) is 11.5 Å². The summed E-state index contributed by atoms with van der Waals surface area (Å²) in [6.07, 6.45) is 1.56. The lowest BCUT2D eigenvalue weighted by molar-refractivity contribution is 0.0955. The lowest BCUT2D eigenvalue weighted by Crippen LogP contribution is -2.17. The van der Waals surface area contributed by atoms with Gasteiger partial charge in [0.05, 0.1) is 28.9 Å². The van der Waals surface area contributed by atoms with Gasteiger partial charge in [0, 0.05) is 5.56 Å². The van der Waals surface area contributed by atoms with E-state index in [4.69, 9.17) is 9.47 Å². The number of nitrogens with one attached hydrogen (secondary N) is 1. The molecule has 0 heterocycles. The molecule has 0 unspecified atom stereocenters. The van der Waals surface area contributed by atoms with E-state index in [0.29, 0.717) is 17.9 Å². The van der Waals surface area contributed by atoms with Crippen LogP contribution in [0.25, 0.3) is 0 Å². The summed E-state index contributed by atoms with van der Waals surface area (Å²) in [6, 6.07) is 10.5. The molecule has 5 nitrogen and oxygen atoms in total. The van der Waals surface area contributed by atoms with E-state index in [9.17, 15) is 4.79 Å². The summed E-state index contributed by atoms with van der Waals surface area (Å²) in [7, 11) is 1.58. The fraction of sp³-hybridized carbons (Fsp3) is 0.176. The number of halogens is 2. The molecule has 24 heavy (non-hydrogen) atoms. The summed E-state index contributed by atoms with van der Waals surface area (Å²) < 4.78 is 12.2. The second-order valence-corrected chi connectivity index (χ2v) is 6.38. The van der Waals surface area contributed by atoms with E-state index >= 15 is 0 Å². The predicted molar refractivity (Wildman–Crippen MR) is 101 cm³/mol. The minimum atomic E-state index is -0.294. The molecule has 0 spiro atoms. The molecule has 0 aliphatic heterocycles. The number of carbonyl (C=O) groups excluding carboxylic acids is 1. The topological polar surface area (TPSA) is 59.9 Å². The Hall–Kier alpha value is -1.86. The van der Waals surface area contributed by atoms with Crippen LogP contribution < -0.4 is 14.9 Å². The highest BCUT2D eigenvalue weighted by molar-refractivity contribution is 9.11. The summed E-state index contributed by atoms with van der Waals surface area (Å²) in [5, 5.41) is 3.98. The Bertz CT molecular complexity index is 723. The van der Waals surface area contributed by atoms with Crippen molar-refractivity contribution in [3.63, 3.8) is 0 Å². The van der Waals surface area contributed by atoms with Crippen LogP contribution in [0.1, 0.15) is 22.8 Å². The van der Waals surface area contributed by atoms with Crippen LogP contribution in [0.3, 0.4) is 0 Å². The van der Waals surface area contributed by atoms with Gasteiger partial charge in [-0.1, -0.05) is 0 Å². The first-order valence-electron chi connectivity index (χ1n) is 7.14. The summed E-state index contributed by atoms with van der Waals surface area (Å²) in [5.41, 5.74) is 3.81. The minimum absolute atomic E-state index is 0.294. The fourth-order valence-electron chi connectivity index (χ4n) is 1.91. The summed E-state index contributed by atoms with van der Waals surface area (Å²) in [5.74, 6) is 1.13. The maximum atomic E-state index is 12.0. The lowest BCUT2D eigenvalue weighted by Gasteiger charge is -2.09. The number of ether oxygens (including phenoxy) is 2. The highest BCUT2D eigenvalue weighted by Gasteiger charge is 2.08. The molecule has 2 rings (SSSR count). The third-order valence-corrected chi connectivity index (χ3v) is 4.22. The third-order valence-electron chi connectivity index (χ3n) is 3.04. The number of hydrogen-bond acceptors (Lipinski definition) is 4. The fourth-order valence-corrected chi connectivity index (χ4v) is 3.36. The Balaban J connectivity index is 2.04. The van der Waals surface area contributed by atoms with Gasteiger partial charge in [-0.15, -0.1) is 0 Å². The average Bonchev–Trinajstić information content (AvgIpc) is 2.58. The molecule has 0 aromatic heterocycles. The van der Waals surface area contributed by atoms with Crippen molar-refractivity contribution in [1.29, 1.82) is 0 Å². The second-order valence-electron chi connectivity index (χ2n) is 4.67. The number of hydrogen-bond donors (Lipinski definition) is 1. The predicted octanol–water partition coefficient (Wildman–Crippen LogP) is 4.38. The van der Waals surface area contributed by atoms with Gasteiger partial charge >= 0.3 is 0 Å². The van der Waals surface area contributed by atoms with Crippen LogP contribution in [0, 0.1) is 0 Å². The SMILES string of the molecule is CCOc1c(Br)cc(/C=N\NC(=O)c2ccc(OC)cc2)cc1Br. The van der Waals surface area contributed by atoms with Crippen molar-refractivity contribution in [1.82, 2.24) is 5.43 Å². The van der Waals surface area contributed by atoms with Gasteiger partial charge < -0.3 is 9.47 Å². The molecule has 2 aromatic carbocycles. The smallest absolute Gasteiger partial charge is 0.271 e. The molecule has 0 aliphatic carbocycles. The van der Waals surface area contributed by atoms with E-state index in [0.717, 1.165) is 20.3 Å². The molecule has 0 fully saturated rings.